The van der Waals surface area contributed by atoms with Crippen LogP contribution in [-0.4, -0.2) is 5.11 Å². The molecular weight excluding hydrogens is 253 g/mol. The molecule has 0 unspecified atom stereocenters. The molecule has 3 aromatic carbocycles. The number of hydrogen-bond acceptors (Lipinski definition) is 2. The predicted octanol–water partition coefficient (Wildman–Crippen LogP) is 4.30. The first-order chi connectivity index (χ1) is 9.72. The molecule has 3 heteroatoms. The fourth-order valence-corrected chi connectivity index (χ4v) is 2.31. The van der Waals surface area contributed by atoms with Crippen LogP contribution >= 0.6 is 0 Å². The number of aromatic hydroxyl groups is 1. The molecule has 0 bridgehead atoms. The van der Waals surface area contributed by atoms with Crippen molar-refractivity contribution in [1.29, 1.82) is 0 Å². The lowest BCUT2D eigenvalue weighted by molar-refractivity contribution is 0.468. The van der Waals surface area contributed by atoms with Crippen LogP contribution in [0.5, 0.6) is 5.75 Å². The van der Waals surface area contributed by atoms with E-state index in [4.69, 9.17) is 0 Å². The minimum Gasteiger partial charge on any atom is -0.508 e. The molecule has 2 nitrogen and oxygen atoms in total. The molecular formula is C17H14FNO. The summed E-state index contributed by atoms with van der Waals surface area (Å²) in [4.78, 5) is 0. The van der Waals surface area contributed by atoms with Gasteiger partial charge in [0, 0.05) is 23.7 Å². The third-order valence-corrected chi connectivity index (χ3v) is 3.21. The molecule has 0 atom stereocenters. The van der Waals surface area contributed by atoms with Crippen molar-refractivity contribution in [2.24, 2.45) is 0 Å². The quantitative estimate of drug-likeness (QED) is 0.741. The normalized spacial score (nSPS) is 10.7. The van der Waals surface area contributed by atoms with Gasteiger partial charge in [0.05, 0.1) is 0 Å². The second-order valence-corrected chi connectivity index (χ2v) is 4.70. The van der Waals surface area contributed by atoms with Gasteiger partial charge in [-0.3, -0.25) is 0 Å². The highest BCUT2D eigenvalue weighted by atomic mass is 19.1. The summed E-state index contributed by atoms with van der Waals surface area (Å²) < 4.78 is 13.2. The zero-order valence-electron chi connectivity index (χ0n) is 10.8. The van der Waals surface area contributed by atoms with Gasteiger partial charge < -0.3 is 10.4 Å². The van der Waals surface area contributed by atoms with Crippen LogP contribution in [-0.2, 0) is 6.54 Å². The van der Waals surface area contributed by atoms with Gasteiger partial charge in [-0.1, -0.05) is 36.4 Å². The molecule has 0 spiro atoms. The van der Waals surface area contributed by atoms with Crippen LogP contribution < -0.4 is 5.32 Å². The Morgan fingerprint density at radius 2 is 1.75 bits per heavy atom. The molecule has 0 aliphatic heterocycles. The van der Waals surface area contributed by atoms with Crippen LogP contribution in [0.25, 0.3) is 10.8 Å². The lowest BCUT2D eigenvalue weighted by atomic mass is 10.1. The third kappa shape index (κ3) is 2.57. The molecule has 0 fully saturated rings. The predicted molar refractivity (Wildman–Crippen MR) is 79.3 cm³/mol. The van der Waals surface area contributed by atoms with Gasteiger partial charge in [0.2, 0.25) is 0 Å². The molecule has 0 saturated carbocycles. The number of halogens is 1. The van der Waals surface area contributed by atoms with E-state index in [1.54, 1.807) is 6.07 Å². The smallest absolute Gasteiger partial charge is 0.127 e. The Hall–Kier alpha value is -2.55. The van der Waals surface area contributed by atoms with E-state index in [2.05, 4.69) is 17.4 Å². The first kappa shape index (κ1) is 12.5. The molecule has 0 aliphatic rings. The Bertz CT molecular complexity index is 729. The summed E-state index contributed by atoms with van der Waals surface area (Å²) in [6.07, 6.45) is 0. The Morgan fingerprint density at radius 1 is 0.950 bits per heavy atom. The first-order valence-electron chi connectivity index (χ1n) is 6.42. The molecule has 0 aromatic heterocycles. The number of benzene rings is 3. The van der Waals surface area contributed by atoms with Gasteiger partial charge in [-0.05, 0) is 29.1 Å². The Kier molecular flexibility index (Phi) is 3.25. The van der Waals surface area contributed by atoms with Crippen molar-refractivity contribution in [3.63, 3.8) is 0 Å². The van der Waals surface area contributed by atoms with E-state index < -0.39 is 5.82 Å². The standard InChI is InChI=1S/C17H14FNO/c18-14-8-12(9-15(20)10-14)11-19-17-7-3-5-13-4-1-2-6-16(13)17/h1-10,19-20H,11H2. The first-order valence-corrected chi connectivity index (χ1v) is 6.42. The van der Waals surface area contributed by atoms with Crippen LogP contribution in [0.1, 0.15) is 5.56 Å². The van der Waals surface area contributed by atoms with E-state index in [0.29, 0.717) is 12.1 Å². The average Bonchev–Trinajstić information content (AvgIpc) is 2.44. The van der Waals surface area contributed by atoms with Crippen molar-refractivity contribution in [3.8, 4) is 5.75 Å². The van der Waals surface area contributed by atoms with Crippen molar-refractivity contribution in [2.75, 3.05) is 5.32 Å². The number of nitrogens with one attached hydrogen (secondary N) is 1. The molecule has 3 rings (SSSR count). The van der Waals surface area contributed by atoms with Crippen molar-refractivity contribution in [2.45, 2.75) is 6.54 Å². The van der Waals surface area contributed by atoms with Crippen molar-refractivity contribution in [3.05, 3.63) is 72.0 Å². The minimum atomic E-state index is -0.431. The van der Waals surface area contributed by atoms with Crippen LogP contribution in [0.2, 0.25) is 0 Å². The van der Waals surface area contributed by atoms with Crippen LogP contribution in [0, 0.1) is 5.82 Å². The molecule has 0 amide bonds. The fraction of sp³-hybridized carbons (Fsp3) is 0.0588. The zero-order valence-corrected chi connectivity index (χ0v) is 10.8. The fourth-order valence-electron chi connectivity index (χ4n) is 2.31. The highest BCUT2D eigenvalue weighted by Crippen LogP contribution is 2.24. The summed E-state index contributed by atoms with van der Waals surface area (Å²) in [5.74, 6) is -0.487. The van der Waals surface area contributed by atoms with E-state index in [9.17, 15) is 9.50 Å². The maximum atomic E-state index is 13.2. The summed E-state index contributed by atoms with van der Waals surface area (Å²) in [6.45, 7) is 0.458. The van der Waals surface area contributed by atoms with Gasteiger partial charge in [-0.2, -0.15) is 0 Å². The SMILES string of the molecule is Oc1cc(F)cc(CNc2cccc3ccccc23)c1. The van der Waals surface area contributed by atoms with E-state index in [1.807, 2.05) is 30.3 Å². The van der Waals surface area contributed by atoms with Crippen molar-refractivity contribution < 1.29 is 9.50 Å². The average molecular weight is 267 g/mol. The summed E-state index contributed by atoms with van der Waals surface area (Å²) >= 11 is 0. The van der Waals surface area contributed by atoms with Crippen LogP contribution in [0.3, 0.4) is 0 Å². The van der Waals surface area contributed by atoms with E-state index in [1.165, 1.54) is 6.07 Å². The number of hydrogen-bond donors (Lipinski definition) is 2. The summed E-state index contributed by atoms with van der Waals surface area (Å²) in [5.41, 5.74) is 1.70. The van der Waals surface area contributed by atoms with E-state index >= 15 is 0 Å². The molecule has 0 aliphatic carbocycles. The van der Waals surface area contributed by atoms with Crippen molar-refractivity contribution in [1.82, 2.24) is 0 Å². The number of anilines is 1. The number of phenols is 1. The molecule has 20 heavy (non-hydrogen) atoms. The molecule has 0 saturated heterocycles. The van der Waals surface area contributed by atoms with E-state index in [0.717, 1.165) is 22.5 Å². The Labute approximate surface area is 116 Å². The van der Waals surface area contributed by atoms with E-state index in [-0.39, 0.29) is 5.75 Å². The Balaban J connectivity index is 1.87. The molecule has 3 aromatic rings. The van der Waals surface area contributed by atoms with Gasteiger partial charge in [-0.25, -0.2) is 4.39 Å². The molecule has 0 heterocycles. The highest BCUT2D eigenvalue weighted by molar-refractivity contribution is 5.93. The number of phenolic OH excluding ortho intramolecular Hbond substituents is 1. The van der Waals surface area contributed by atoms with Crippen LogP contribution in [0.15, 0.2) is 60.7 Å². The van der Waals surface area contributed by atoms with Gasteiger partial charge >= 0.3 is 0 Å². The summed E-state index contributed by atoms with van der Waals surface area (Å²) in [6, 6.07) is 18.2. The zero-order chi connectivity index (χ0) is 13.9. The monoisotopic (exact) mass is 267 g/mol. The highest BCUT2D eigenvalue weighted by Gasteiger charge is 2.02. The van der Waals surface area contributed by atoms with Crippen molar-refractivity contribution >= 4 is 16.5 Å². The lowest BCUT2D eigenvalue weighted by Gasteiger charge is -2.10. The molecule has 2 N–H and O–H groups in total. The maximum absolute atomic E-state index is 13.2. The van der Waals surface area contributed by atoms with Gasteiger partial charge in [0.15, 0.2) is 0 Å². The Morgan fingerprint density at radius 3 is 2.60 bits per heavy atom. The second kappa shape index (κ2) is 5.21. The minimum absolute atomic E-state index is 0.0558. The third-order valence-electron chi connectivity index (χ3n) is 3.21. The summed E-state index contributed by atoms with van der Waals surface area (Å²) in [5, 5.41) is 14.9. The summed E-state index contributed by atoms with van der Waals surface area (Å²) in [7, 11) is 0. The maximum Gasteiger partial charge on any atom is 0.127 e. The second-order valence-electron chi connectivity index (χ2n) is 4.70. The van der Waals surface area contributed by atoms with Gasteiger partial charge in [0.1, 0.15) is 11.6 Å². The van der Waals surface area contributed by atoms with Crippen LogP contribution in [0.4, 0.5) is 10.1 Å². The largest absolute Gasteiger partial charge is 0.508 e. The molecule has 0 radical (unpaired) electrons. The topological polar surface area (TPSA) is 32.3 Å². The number of fused-ring (bicyclic) bond motifs is 1. The molecule has 100 valence electrons. The number of rotatable bonds is 3. The van der Waals surface area contributed by atoms with Gasteiger partial charge in [-0.15, -0.1) is 0 Å². The lowest BCUT2D eigenvalue weighted by Crippen LogP contribution is -2.00. The van der Waals surface area contributed by atoms with Gasteiger partial charge in [0.25, 0.3) is 0 Å².